The molecule has 0 radical (unpaired) electrons. The van der Waals surface area contributed by atoms with Crippen LogP contribution in [-0.4, -0.2) is 15.6 Å². The standard InChI is InChI=1S/C12H7ClFNO3/c13-9-6-7(3-4-10(9)14)15-5-1-2-8(11(15)16)12(17)18/h1-6H,(H,17,18). The summed E-state index contributed by atoms with van der Waals surface area (Å²) in [5.41, 5.74) is -0.764. The van der Waals surface area contributed by atoms with Crippen molar-refractivity contribution in [3.05, 3.63) is 63.3 Å². The molecule has 18 heavy (non-hydrogen) atoms. The van der Waals surface area contributed by atoms with Crippen LogP contribution >= 0.6 is 11.6 Å². The van der Waals surface area contributed by atoms with E-state index >= 15 is 0 Å². The molecule has 0 bridgehead atoms. The fourth-order valence-corrected chi connectivity index (χ4v) is 1.67. The topological polar surface area (TPSA) is 59.3 Å². The van der Waals surface area contributed by atoms with Crippen LogP contribution in [-0.2, 0) is 0 Å². The second-order valence-corrected chi connectivity index (χ2v) is 3.91. The van der Waals surface area contributed by atoms with Crippen LogP contribution in [0.2, 0.25) is 5.02 Å². The number of aromatic nitrogens is 1. The van der Waals surface area contributed by atoms with E-state index in [4.69, 9.17) is 16.7 Å². The number of aromatic carboxylic acids is 1. The first-order valence-corrected chi connectivity index (χ1v) is 5.29. The van der Waals surface area contributed by atoms with Crippen molar-refractivity contribution in [1.29, 1.82) is 0 Å². The average Bonchev–Trinajstić information content (AvgIpc) is 2.33. The first-order chi connectivity index (χ1) is 8.50. The number of carboxylic acids is 1. The summed E-state index contributed by atoms with van der Waals surface area (Å²) in [6.07, 6.45) is 1.39. The monoisotopic (exact) mass is 267 g/mol. The predicted octanol–water partition coefficient (Wildman–Crippen LogP) is 2.33. The molecule has 0 atom stereocenters. The van der Waals surface area contributed by atoms with Crippen LogP contribution in [0.1, 0.15) is 10.4 Å². The molecule has 0 aliphatic rings. The fraction of sp³-hybridized carbons (Fsp3) is 0. The third kappa shape index (κ3) is 2.12. The maximum Gasteiger partial charge on any atom is 0.341 e. The molecule has 0 unspecified atom stereocenters. The van der Waals surface area contributed by atoms with Crippen LogP contribution in [0, 0.1) is 5.82 Å². The zero-order valence-electron chi connectivity index (χ0n) is 8.93. The molecule has 92 valence electrons. The number of hydrogen-bond donors (Lipinski definition) is 1. The fourth-order valence-electron chi connectivity index (χ4n) is 1.50. The Morgan fingerprint density at radius 1 is 1.33 bits per heavy atom. The first-order valence-electron chi connectivity index (χ1n) is 4.91. The van der Waals surface area contributed by atoms with Crippen molar-refractivity contribution in [2.75, 3.05) is 0 Å². The van der Waals surface area contributed by atoms with E-state index < -0.39 is 17.3 Å². The lowest BCUT2D eigenvalue weighted by atomic mass is 10.2. The Kier molecular flexibility index (Phi) is 3.16. The normalized spacial score (nSPS) is 10.3. The van der Waals surface area contributed by atoms with Gasteiger partial charge in [-0.2, -0.15) is 0 Å². The summed E-state index contributed by atoms with van der Waals surface area (Å²) < 4.78 is 14.1. The van der Waals surface area contributed by atoms with Gasteiger partial charge in [-0.3, -0.25) is 9.36 Å². The molecule has 0 spiro atoms. The van der Waals surface area contributed by atoms with Gasteiger partial charge in [0.1, 0.15) is 11.4 Å². The molecule has 0 aliphatic heterocycles. The van der Waals surface area contributed by atoms with Crippen LogP contribution in [0.25, 0.3) is 5.69 Å². The highest BCUT2D eigenvalue weighted by Crippen LogP contribution is 2.17. The lowest BCUT2D eigenvalue weighted by Crippen LogP contribution is -2.24. The lowest BCUT2D eigenvalue weighted by Gasteiger charge is -2.07. The minimum absolute atomic E-state index is 0.139. The van der Waals surface area contributed by atoms with Crippen LogP contribution in [0.15, 0.2) is 41.3 Å². The molecule has 1 N–H and O–H groups in total. The summed E-state index contributed by atoms with van der Waals surface area (Å²) in [5.74, 6) is -1.93. The summed E-state index contributed by atoms with van der Waals surface area (Å²) in [6.45, 7) is 0. The predicted molar refractivity (Wildman–Crippen MR) is 64.0 cm³/mol. The van der Waals surface area contributed by atoms with Gasteiger partial charge in [0.15, 0.2) is 0 Å². The molecule has 0 saturated heterocycles. The van der Waals surface area contributed by atoms with Gasteiger partial charge in [0.05, 0.1) is 10.7 Å². The van der Waals surface area contributed by atoms with Gasteiger partial charge in [0.25, 0.3) is 5.56 Å². The summed E-state index contributed by atoms with van der Waals surface area (Å²) in [7, 11) is 0. The van der Waals surface area contributed by atoms with Crippen LogP contribution < -0.4 is 5.56 Å². The third-order valence-corrected chi connectivity index (χ3v) is 2.65. The highest BCUT2D eigenvalue weighted by Gasteiger charge is 2.11. The van der Waals surface area contributed by atoms with E-state index in [0.717, 1.165) is 10.6 Å². The Hall–Kier alpha value is -2.14. The van der Waals surface area contributed by atoms with Crippen molar-refractivity contribution in [3.8, 4) is 5.69 Å². The molecular weight excluding hydrogens is 261 g/mol. The van der Waals surface area contributed by atoms with Gasteiger partial charge in [0.2, 0.25) is 0 Å². The van der Waals surface area contributed by atoms with Gasteiger partial charge < -0.3 is 5.11 Å². The number of pyridine rings is 1. The number of carbonyl (C=O) groups is 1. The maximum atomic E-state index is 13.0. The zero-order chi connectivity index (χ0) is 13.3. The average molecular weight is 268 g/mol. The van der Waals surface area contributed by atoms with Crippen LogP contribution in [0.4, 0.5) is 4.39 Å². The van der Waals surface area contributed by atoms with Crippen molar-refractivity contribution in [1.82, 2.24) is 4.57 Å². The summed E-state index contributed by atoms with van der Waals surface area (Å²) in [6, 6.07) is 6.32. The summed E-state index contributed by atoms with van der Waals surface area (Å²) in [4.78, 5) is 22.7. The molecular formula is C12H7ClFNO3. The molecule has 2 rings (SSSR count). The second-order valence-electron chi connectivity index (χ2n) is 3.50. The van der Waals surface area contributed by atoms with E-state index in [-0.39, 0.29) is 10.6 Å². The number of hydrogen-bond acceptors (Lipinski definition) is 2. The third-order valence-electron chi connectivity index (χ3n) is 2.36. The molecule has 0 aliphatic carbocycles. The molecule has 1 aromatic carbocycles. The highest BCUT2D eigenvalue weighted by molar-refractivity contribution is 6.30. The number of carboxylic acid groups (broad SMARTS) is 1. The molecule has 2 aromatic rings. The summed E-state index contributed by atoms with van der Waals surface area (Å²) >= 11 is 5.61. The molecule has 0 saturated carbocycles. The SMILES string of the molecule is O=C(O)c1cccn(-c2ccc(F)c(Cl)c2)c1=O. The Morgan fingerprint density at radius 3 is 2.67 bits per heavy atom. The highest BCUT2D eigenvalue weighted by atomic mass is 35.5. The minimum Gasteiger partial charge on any atom is -0.477 e. The van der Waals surface area contributed by atoms with Gasteiger partial charge in [-0.1, -0.05) is 11.6 Å². The number of nitrogens with zero attached hydrogens (tertiary/aromatic N) is 1. The van der Waals surface area contributed by atoms with E-state index in [2.05, 4.69) is 0 Å². The van der Waals surface area contributed by atoms with Gasteiger partial charge in [-0.15, -0.1) is 0 Å². The van der Waals surface area contributed by atoms with Gasteiger partial charge >= 0.3 is 5.97 Å². The summed E-state index contributed by atoms with van der Waals surface area (Å²) in [5, 5.41) is 8.70. The molecule has 1 heterocycles. The van der Waals surface area contributed by atoms with E-state index in [1.165, 1.54) is 30.5 Å². The Balaban J connectivity index is 2.65. The van der Waals surface area contributed by atoms with Crippen LogP contribution in [0.3, 0.4) is 0 Å². The van der Waals surface area contributed by atoms with Gasteiger partial charge in [-0.05, 0) is 30.3 Å². The van der Waals surface area contributed by atoms with Crippen molar-refractivity contribution in [2.24, 2.45) is 0 Å². The van der Waals surface area contributed by atoms with E-state index in [9.17, 15) is 14.0 Å². The Labute approximate surface area is 106 Å². The number of benzene rings is 1. The van der Waals surface area contributed by atoms with Crippen molar-refractivity contribution in [3.63, 3.8) is 0 Å². The molecule has 1 aromatic heterocycles. The zero-order valence-corrected chi connectivity index (χ0v) is 9.69. The lowest BCUT2D eigenvalue weighted by molar-refractivity contribution is 0.0694. The smallest absolute Gasteiger partial charge is 0.341 e. The van der Waals surface area contributed by atoms with Crippen molar-refractivity contribution >= 4 is 17.6 Å². The van der Waals surface area contributed by atoms with E-state index in [1.807, 2.05) is 0 Å². The van der Waals surface area contributed by atoms with E-state index in [0.29, 0.717) is 5.69 Å². The Bertz CT molecular complexity index is 681. The van der Waals surface area contributed by atoms with Crippen molar-refractivity contribution < 1.29 is 14.3 Å². The van der Waals surface area contributed by atoms with Crippen molar-refractivity contribution in [2.45, 2.75) is 0 Å². The van der Waals surface area contributed by atoms with Crippen LogP contribution in [0.5, 0.6) is 0 Å². The van der Waals surface area contributed by atoms with Gasteiger partial charge in [0, 0.05) is 6.20 Å². The maximum absolute atomic E-state index is 13.0. The Morgan fingerprint density at radius 2 is 2.06 bits per heavy atom. The molecule has 6 heteroatoms. The van der Waals surface area contributed by atoms with Gasteiger partial charge in [-0.25, -0.2) is 9.18 Å². The quantitative estimate of drug-likeness (QED) is 0.908. The number of rotatable bonds is 2. The second kappa shape index (κ2) is 4.62. The van der Waals surface area contributed by atoms with E-state index in [1.54, 1.807) is 0 Å². The molecule has 0 amide bonds. The largest absolute Gasteiger partial charge is 0.477 e. The first kappa shape index (κ1) is 12.3. The molecule has 0 fully saturated rings. The minimum atomic E-state index is -1.32. The number of halogens is 2. The molecule has 4 nitrogen and oxygen atoms in total.